The van der Waals surface area contributed by atoms with Crippen LogP contribution in [0.15, 0.2) is 6.07 Å². The Morgan fingerprint density at radius 3 is 2.68 bits per heavy atom. The van der Waals surface area contributed by atoms with Crippen LogP contribution in [-0.4, -0.2) is 24.1 Å². The second-order valence-electron chi connectivity index (χ2n) is 5.44. The molecule has 1 unspecified atom stereocenters. The normalized spacial score (nSPS) is 18.5. The molecular weight excluding hydrogens is 238 g/mol. The first kappa shape index (κ1) is 14.4. The van der Waals surface area contributed by atoms with Gasteiger partial charge in [0.25, 0.3) is 0 Å². The van der Waals surface area contributed by atoms with Crippen molar-refractivity contribution in [1.29, 1.82) is 0 Å². The van der Waals surface area contributed by atoms with E-state index in [9.17, 15) is 0 Å². The fraction of sp³-hybridized carbons (Fsp3) is 0.733. The summed E-state index contributed by atoms with van der Waals surface area (Å²) in [6.07, 6.45) is 6.48. The van der Waals surface area contributed by atoms with Gasteiger partial charge in [0, 0.05) is 19.3 Å². The zero-order valence-electron chi connectivity index (χ0n) is 12.3. The molecule has 4 nitrogen and oxygen atoms in total. The van der Waals surface area contributed by atoms with E-state index in [1.54, 1.807) is 7.11 Å². The van der Waals surface area contributed by atoms with Gasteiger partial charge in [0.05, 0.1) is 5.69 Å². The van der Waals surface area contributed by atoms with Gasteiger partial charge in [-0.2, -0.15) is 0 Å². The summed E-state index contributed by atoms with van der Waals surface area (Å²) in [4.78, 5) is 9.27. The fourth-order valence-electron chi connectivity index (χ4n) is 3.00. The minimum absolute atomic E-state index is 0.0517. The predicted octanol–water partition coefficient (Wildman–Crippen LogP) is 2.77. The van der Waals surface area contributed by atoms with Crippen molar-refractivity contribution in [3.8, 4) is 0 Å². The number of nitrogens with one attached hydrogen (secondary N) is 1. The minimum atomic E-state index is 0.0517. The summed E-state index contributed by atoms with van der Waals surface area (Å²) in [5, 5.41) is 3.14. The molecule has 0 aromatic carbocycles. The van der Waals surface area contributed by atoms with Gasteiger partial charge in [-0.3, -0.25) is 0 Å². The number of ether oxygens (including phenoxy) is 1. The molecule has 1 aliphatic rings. The maximum absolute atomic E-state index is 5.72. The molecule has 0 bridgehead atoms. The number of nitrogens with zero attached hydrogens (tertiary/aromatic N) is 2. The summed E-state index contributed by atoms with van der Waals surface area (Å²) >= 11 is 0. The first-order chi connectivity index (χ1) is 9.24. The summed E-state index contributed by atoms with van der Waals surface area (Å²) in [5.41, 5.74) is 2.07. The van der Waals surface area contributed by atoms with Crippen molar-refractivity contribution in [3.05, 3.63) is 23.3 Å². The molecule has 0 amide bonds. The van der Waals surface area contributed by atoms with Gasteiger partial charge < -0.3 is 10.1 Å². The van der Waals surface area contributed by atoms with E-state index in [0.717, 1.165) is 23.8 Å². The number of aryl methyl sites for hydroxylation is 1. The molecule has 0 aliphatic heterocycles. The number of hydrogen-bond donors (Lipinski definition) is 1. The second-order valence-corrected chi connectivity index (χ2v) is 5.44. The summed E-state index contributed by atoms with van der Waals surface area (Å²) in [6.45, 7) is 2.80. The summed E-state index contributed by atoms with van der Waals surface area (Å²) in [6, 6.07) is 2.04. The highest BCUT2D eigenvalue weighted by molar-refractivity contribution is 5.12. The average Bonchev–Trinajstić information content (AvgIpc) is 2.40. The smallest absolute Gasteiger partial charge is 0.157 e. The van der Waals surface area contributed by atoms with Crippen LogP contribution in [0.5, 0.6) is 0 Å². The SMILES string of the molecule is CNCc1cc(C)nc(C(OC)C2CCCCC2)n1. The lowest BCUT2D eigenvalue weighted by molar-refractivity contribution is 0.0286. The average molecular weight is 263 g/mol. The number of methoxy groups -OCH3 is 1. The minimum Gasteiger partial charge on any atom is -0.373 e. The van der Waals surface area contributed by atoms with Gasteiger partial charge in [-0.25, -0.2) is 9.97 Å². The highest BCUT2D eigenvalue weighted by atomic mass is 16.5. The Morgan fingerprint density at radius 1 is 1.32 bits per heavy atom. The first-order valence-corrected chi connectivity index (χ1v) is 7.26. The molecule has 1 fully saturated rings. The third-order valence-corrected chi connectivity index (χ3v) is 3.87. The Morgan fingerprint density at radius 2 is 2.05 bits per heavy atom. The molecule has 4 heteroatoms. The Kier molecular flexibility index (Phi) is 5.28. The zero-order valence-corrected chi connectivity index (χ0v) is 12.3. The Balaban J connectivity index is 2.21. The van der Waals surface area contributed by atoms with Crippen LogP contribution in [0.3, 0.4) is 0 Å². The van der Waals surface area contributed by atoms with E-state index in [-0.39, 0.29) is 6.10 Å². The van der Waals surface area contributed by atoms with Crippen LogP contribution in [0, 0.1) is 12.8 Å². The molecule has 1 atom stereocenters. The summed E-state index contributed by atoms with van der Waals surface area (Å²) in [5.74, 6) is 1.43. The molecule has 19 heavy (non-hydrogen) atoms. The van der Waals surface area contributed by atoms with Crippen LogP contribution >= 0.6 is 0 Å². The zero-order chi connectivity index (χ0) is 13.7. The Hall–Kier alpha value is -1.00. The lowest BCUT2D eigenvalue weighted by Gasteiger charge is -2.28. The van der Waals surface area contributed by atoms with Crippen molar-refractivity contribution in [2.75, 3.05) is 14.2 Å². The van der Waals surface area contributed by atoms with E-state index in [1.807, 2.05) is 20.0 Å². The van der Waals surface area contributed by atoms with Gasteiger partial charge >= 0.3 is 0 Å². The van der Waals surface area contributed by atoms with Gasteiger partial charge in [0.1, 0.15) is 6.10 Å². The number of rotatable bonds is 5. The Bertz CT molecular complexity index is 402. The van der Waals surface area contributed by atoms with Gasteiger partial charge in [0.15, 0.2) is 5.82 Å². The van der Waals surface area contributed by atoms with E-state index in [0.29, 0.717) is 5.92 Å². The van der Waals surface area contributed by atoms with Crippen molar-refractivity contribution >= 4 is 0 Å². The number of aromatic nitrogens is 2. The molecule has 1 aromatic rings. The summed E-state index contributed by atoms with van der Waals surface area (Å²) < 4.78 is 5.72. The van der Waals surface area contributed by atoms with Crippen LogP contribution in [0.25, 0.3) is 0 Å². The second kappa shape index (κ2) is 6.96. The molecule has 1 heterocycles. The van der Waals surface area contributed by atoms with Gasteiger partial charge in [-0.05, 0) is 38.8 Å². The third-order valence-electron chi connectivity index (χ3n) is 3.87. The van der Waals surface area contributed by atoms with E-state index in [2.05, 4.69) is 15.3 Å². The van der Waals surface area contributed by atoms with E-state index in [1.165, 1.54) is 32.1 Å². The lowest BCUT2D eigenvalue weighted by atomic mass is 9.85. The highest BCUT2D eigenvalue weighted by Gasteiger charge is 2.27. The largest absolute Gasteiger partial charge is 0.373 e. The molecule has 1 N–H and O–H groups in total. The summed E-state index contributed by atoms with van der Waals surface area (Å²) in [7, 11) is 3.72. The molecule has 0 saturated heterocycles. The van der Waals surface area contributed by atoms with Crippen molar-refractivity contribution in [1.82, 2.24) is 15.3 Å². The lowest BCUT2D eigenvalue weighted by Crippen LogP contribution is -2.21. The van der Waals surface area contributed by atoms with E-state index in [4.69, 9.17) is 4.74 Å². The van der Waals surface area contributed by atoms with E-state index < -0.39 is 0 Å². The van der Waals surface area contributed by atoms with Crippen molar-refractivity contribution in [3.63, 3.8) is 0 Å². The fourth-order valence-corrected chi connectivity index (χ4v) is 3.00. The van der Waals surface area contributed by atoms with Crippen LogP contribution in [0.4, 0.5) is 0 Å². The molecule has 0 spiro atoms. The monoisotopic (exact) mass is 263 g/mol. The van der Waals surface area contributed by atoms with Gasteiger partial charge in [0.2, 0.25) is 0 Å². The molecule has 0 radical (unpaired) electrons. The van der Waals surface area contributed by atoms with Crippen molar-refractivity contribution in [2.45, 2.75) is 51.7 Å². The van der Waals surface area contributed by atoms with Crippen molar-refractivity contribution in [2.24, 2.45) is 5.92 Å². The van der Waals surface area contributed by atoms with Gasteiger partial charge in [-0.15, -0.1) is 0 Å². The first-order valence-electron chi connectivity index (χ1n) is 7.26. The van der Waals surface area contributed by atoms with Crippen molar-refractivity contribution < 1.29 is 4.74 Å². The van der Waals surface area contributed by atoms with Crippen LogP contribution in [-0.2, 0) is 11.3 Å². The molecule has 2 rings (SSSR count). The maximum Gasteiger partial charge on any atom is 0.157 e. The van der Waals surface area contributed by atoms with Gasteiger partial charge in [-0.1, -0.05) is 19.3 Å². The molecule has 1 aliphatic carbocycles. The third kappa shape index (κ3) is 3.74. The molecule has 1 aromatic heterocycles. The molecule has 106 valence electrons. The predicted molar refractivity (Wildman–Crippen MR) is 75.9 cm³/mol. The topological polar surface area (TPSA) is 47.0 Å². The quantitative estimate of drug-likeness (QED) is 0.887. The van der Waals surface area contributed by atoms with E-state index >= 15 is 0 Å². The van der Waals surface area contributed by atoms with Crippen LogP contribution in [0.2, 0.25) is 0 Å². The molecule has 1 saturated carbocycles. The highest BCUT2D eigenvalue weighted by Crippen LogP contribution is 2.35. The molecular formula is C15H25N3O. The van der Waals surface area contributed by atoms with Crippen LogP contribution in [0.1, 0.15) is 55.4 Å². The standard InChI is InChI=1S/C15H25N3O/c1-11-9-13(10-16-2)18-15(17-11)14(19-3)12-7-5-4-6-8-12/h9,12,14,16H,4-8,10H2,1-3H3. The maximum atomic E-state index is 5.72. The Labute approximate surface area is 116 Å². The van der Waals surface area contributed by atoms with Crippen LogP contribution < -0.4 is 5.32 Å². The number of hydrogen-bond acceptors (Lipinski definition) is 4.